The number of pyridine rings is 1. The summed E-state index contributed by atoms with van der Waals surface area (Å²) >= 11 is 0. The highest BCUT2D eigenvalue weighted by atomic mass is 15.4. The van der Waals surface area contributed by atoms with Crippen molar-refractivity contribution in [3.63, 3.8) is 0 Å². The molecule has 32 heavy (non-hydrogen) atoms. The summed E-state index contributed by atoms with van der Waals surface area (Å²) in [5, 5.41) is 2.31. The van der Waals surface area contributed by atoms with Crippen LogP contribution in [-0.4, -0.2) is 55.0 Å². The lowest BCUT2D eigenvalue weighted by Gasteiger charge is -2.56. The van der Waals surface area contributed by atoms with Gasteiger partial charge in [0.25, 0.3) is 0 Å². The van der Waals surface area contributed by atoms with Crippen molar-refractivity contribution in [2.75, 3.05) is 18.0 Å². The van der Waals surface area contributed by atoms with E-state index in [4.69, 9.17) is 4.98 Å². The predicted molar refractivity (Wildman–Crippen MR) is 125 cm³/mol. The van der Waals surface area contributed by atoms with Crippen LogP contribution in [0.4, 0.5) is 5.82 Å². The molecule has 1 aromatic carbocycles. The van der Waals surface area contributed by atoms with Crippen molar-refractivity contribution < 1.29 is 0 Å². The van der Waals surface area contributed by atoms with E-state index in [1.54, 1.807) is 6.33 Å². The number of piperidine rings is 1. The highest BCUT2D eigenvalue weighted by Crippen LogP contribution is 2.36. The molecule has 3 aliphatic rings. The minimum Gasteiger partial charge on any atom is -0.361 e. The zero-order valence-electron chi connectivity index (χ0n) is 17.6. The highest BCUT2D eigenvalue weighted by Gasteiger charge is 2.44. The summed E-state index contributed by atoms with van der Waals surface area (Å²) in [6.45, 7) is 3.09. The van der Waals surface area contributed by atoms with Gasteiger partial charge in [0, 0.05) is 66.8 Å². The van der Waals surface area contributed by atoms with Crippen LogP contribution in [0.25, 0.3) is 33.2 Å². The third kappa shape index (κ3) is 2.81. The van der Waals surface area contributed by atoms with Crippen LogP contribution in [-0.2, 0) is 6.54 Å². The van der Waals surface area contributed by atoms with Crippen LogP contribution in [0.5, 0.6) is 0 Å². The first kappa shape index (κ1) is 17.9. The molecule has 2 atom stereocenters. The second-order valence-corrected chi connectivity index (χ2v) is 8.89. The molecule has 3 saturated heterocycles. The summed E-state index contributed by atoms with van der Waals surface area (Å²) in [5.74, 6) is 1.05. The zero-order chi connectivity index (χ0) is 21.1. The lowest BCUT2D eigenvalue weighted by Crippen LogP contribution is -2.68. The lowest BCUT2D eigenvalue weighted by molar-refractivity contribution is -0.00865. The van der Waals surface area contributed by atoms with Crippen LogP contribution in [0.15, 0.2) is 67.4 Å². The van der Waals surface area contributed by atoms with Crippen LogP contribution in [0.1, 0.15) is 12.0 Å². The Morgan fingerprint density at radius 3 is 2.69 bits per heavy atom. The molecule has 5 aromatic rings. The molecule has 7 heterocycles. The topological polar surface area (TPSA) is 76.7 Å². The van der Waals surface area contributed by atoms with Gasteiger partial charge in [-0.2, -0.15) is 0 Å². The van der Waals surface area contributed by atoms with E-state index in [9.17, 15) is 0 Å². The van der Waals surface area contributed by atoms with Crippen molar-refractivity contribution in [1.82, 2.24) is 29.8 Å². The van der Waals surface area contributed by atoms with Gasteiger partial charge in [-0.25, -0.2) is 15.0 Å². The number of benzene rings is 1. The van der Waals surface area contributed by atoms with Gasteiger partial charge in [-0.3, -0.25) is 4.90 Å². The normalized spacial score (nSPS) is 20.7. The Bertz CT molecular complexity index is 1410. The van der Waals surface area contributed by atoms with Crippen molar-refractivity contribution in [2.45, 2.75) is 25.0 Å². The Labute approximate surface area is 185 Å². The smallest absolute Gasteiger partial charge is 0.141 e. The molecule has 2 unspecified atom stereocenters. The molecule has 0 spiro atoms. The second-order valence-electron chi connectivity index (χ2n) is 8.89. The molecule has 158 valence electrons. The quantitative estimate of drug-likeness (QED) is 0.459. The molecule has 4 aromatic heterocycles. The van der Waals surface area contributed by atoms with Gasteiger partial charge in [-0.1, -0.05) is 6.07 Å². The van der Waals surface area contributed by atoms with Crippen molar-refractivity contribution in [3.05, 3.63) is 72.9 Å². The van der Waals surface area contributed by atoms with E-state index < -0.39 is 0 Å². The molecular formula is C25H23N7. The first-order valence-corrected chi connectivity index (χ1v) is 11.1. The molecule has 2 bridgehead atoms. The van der Waals surface area contributed by atoms with E-state index in [2.05, 4.69) is 66.1 Å². The SMILES string of the molecule is c1nc(-c2ccc(N3CC4CC(C3)N4Cc3ccc4[nH]ccc4c3)nc2)c2cc[nH]c2n1. The monoisotopic (exact) mass is 421 g/mol. The summed E-state index contributed by atoms with van der Waals surface area (Å²) < 4.78 is 0. The molecule has 0 saturated carbocycles. The average molecular weight is 422 g/mol. The maximum atomic E-state index is 4.80. The molecule has 7 heteroatoms. The fraction of sp³-hybridized carbons (Fsp3) is 0.240. The van der Waals surface area contributed by atoms with E-state index in [0.717, 1.165) is 47.7 Å². The summed E-state index contributed by atoms with van der Waals surface area (Å²) in [7, 11) is 0. The van der Waals surface area contributed by atoms with Crippen molar-refractivity contribution >= 4 is 27.8 Å². The number of rotatable bonds is 4. The number of nitrogens with one attached hydrogen (secondary N) is 2. The van der Waals surface area contributed by atoms with Crippen LogP contribution in [0, 0.1) is 0 Å². The van der Waals surface area contributed by atoms with E-state index in [1.165, 1.54) is 22.9 Å². The number of aromatic nitrogens is 5. The van der Waals surface area contributed by atoms with Gasteiger partial charge < -0.3 is 14.9 Å². The zero-order valence-corrected chi connectivity index (χ0v) is 17.6. The van der Waals surface area contributed by atoms with Gasteiger partial charge in [-0.05, 0) is 53.8 Å². The first-order chi connectivity index (χ1) is 15.8. The number of fused-ring (bicyclic) bond motifs is 4. The van der Waals surface area contributed by atoms with Crippen LogP contribution in [0.2, 0.25) is 0 Å². The van der Waals surface area contributed by atoms with E-state index >= 15 is 0 Å². The number of piperazine rings is 1. The van der Waals surface area contributed by atoms with Crippen LogP contribution < -0.4 is 4.90 Å². The number of anilines is 1. The molecule has 0 amide bonds. The molecule has 0 aliphatic carbocycles. The third-order valence-electron chi connectivity index (χ3n) is 7.03. The van der Waals surface area contributed by atoms with E-state index in [0.29, 0.717) is 12.1 Å². The molecule has 3 fully saturated rings. The summed E-state index contributed by atoms with van der Waals surface area (Å²) in [4.78, 5) is 25.1. The van der Waals surface area contributed by atoms with E-state index in [1.807, 2.05) is 24.7 Å². The summed E-state index contributed by atoms with van der Waals surface area (Å²) in [6, 6.07) is 16.4. The molecule has 8 rings (SSSR count). The summed E-state index contributed by atoms with van der Waals surface area (Å²) in [5.41, 5.74) is 5.39. The summed E-state index contributed by atoms with van der Waals surface area (Å²) in [6.07, 6.45) is 8.73. The number of hydrogen-bond donors (Lipinski definition) is 2. The Balaban J connectivity index is 1.07. The maximum Gasteiger partial charge on any atom is 0.141 e. The molecule has 0 radical (unpaired) electrons. The highest BCUT2D eigenvalue weighted by molar-refractivity contribution is 5.90. The number of hydrogen-bond acceptors (Lipinski definition) is 5. The van der Waals surface area contributed by atoms with Crippen molar-refractivity contribution in [3.8, 4) is 11.3 Å². The van der Waals surface area contributed by atoms with Gasteiger partial charge in [0.15, 0.2) is 0 Å². The number of aromatic amines is 2. The van der Waals surface area contributed by atoms with Crippen LogP contribution in [0.3, 0.4) is 0 Å². The predicted octanol–water partition coefficient (Wildman–Crippen LogP) is 3.96. The Morgan fingerprint density at radius 1 is 0.906 bits per heavy atom. The number of H-pyrrole nitrogens is 2. The standard InChI is InChI=1S/C25H23N7/c1-3-22-17(5-7-26-22)9-16(1)12-32-19-10-20(32)14-31(13-19)23-4-2-18(11-28-23)24-21-6-8-27-25(21)30-15-29-24/h1-9,11,15,19-20,26H,10,12-14H2,(H,27,29,30). The Hall–Kier alpha value is -3.71. The number of nitrogens with zero attached hydrogens (tertiary/aromatic N) is 5. The van der Waals surface area contributed by atoms with Crippen molar-refractivity contribution in [1.29, 1.82) is 0 Å². The third-order valence-corrected chi connectivity index (χ3v) is 7.03. The van der Waals surface area contributed by atoms with Gasteiger partial charge in [0.2, 0.25) is 0 Å². The maximum absolute atomic E-state index is 4.80. The van der Waals surface area contributed by atoms with Gasteiger partial charge >= 0.3 is 0 Å². The fourth-order valence-electron chi connectivity index (χ4n) is 5.36. The molecular weight excluding hydrogens is 398 g/mol. The van der Waals surface area contributed by atoms with Gasteiger partial charge in [-0.15, -0.1) is 0 Å². The van der Waals surface area contributed by atoms with Gasteiger partial charge in [0.1, 0.15) is 17.8 Å². The minimum absolute atomic E-state index is 0.596. The molecule has 7 nitrogen and oxygen atoms in total. The van der Waals surface area contributed by atoms with Gasteiger partial charge in [0.05, 0.1) is 5.69 Å². The molecule has 2 N–H and O–H groups in total. The second kappa shape index (κ2) is 6.90. The Morgan fingerprint density at radius 2 is 1.81 bits per heavy atom. The largest absolute Gasteiger partial charge is 0.361 e. The average Bonchev–Trinajstić information content (AvgIpc) is 3.51. The first-order valence-electron chi connectivity index (χ1n) is 11.1. The Kier molecular flexibility index (Phi) is 3.86. The lowest BCUT2D eigenvalue weighted by atomic mass is 9.86. The van der Waals surface area contributed by atoms with Crippen LogP contribution >= 0.6 is 0 Å². The van der Waals surface area contributed by atoms with E-state index in [-0.39, 0.29) is 0 Å². The van der Waals surface area contributed by atoms with Crippen molar-refractivity contribution in [2.24, 2.45) is 0 Å². The molecule has 3 aliphatic heterocycles. The minimum atomic E-state index is 0.596. The fourth-order valence-corrected chi connectivity index (χ4v) is 5.36.